The van der Waals surface area contributed by atoms with E-state index in [9.17, 15) is 43.2 Å². The summed E-state index contributed by atoms with van der Waals surface area (Å²) in [5, 5.41) is 10.7. The highest BCUT2D eigenvalue weighted by molar-refractivity contribution is 7.47. The lowest BCUT2D eigenvalue weighted by Gasteiger charge is -2.21. The number of unbranched alkanes of at least 4 members (excludes halogenated alkanes) is 60. The maximum atomic E-state index is 13.2. The largest absolute Gasteiger partial charge is 0.472 e. The Morgan fingerprint density at radius 1 is 0.261 bits per heavy atom. The number of hydrogen-bond acceptors (Lipinski definition) is 15. The SMILES string of the molecule is CCCCCCCCCCCCCCCCCCCCCCCC(=O)OC[C@H](COP(=O)(O)OC[C@@H](O)COP(=O)(O)OC[C@@H](COC(=O)CCCCCCCCCCCC(C)C)OC(=O)CCCCCCCCCCCCCCCCCC)OC(=O)CCCCCCCCCCCCCCCCCCCCC(C)CC. The standard InChI is InChI=1S/C92H180O17P2/c1-7-10-12-14-16-18-20-22-24-26-27-28-29-33-37-40-44-50-56-62-68-74-89(94)102-80-87(108-91(96)77-71-65-59-52-46-42-38-34-31-30-32-35-39-43-49-55-61-67-73-85(6)9-3)82-106-110(98,99)104-78-86(93)79-105-111(100,101)107-83-88(81-103-90(95)75-69-63-57-53-47-48-54-60-66-72-84(4)5)109-92(97)76-70-64-58-51-45-41-36-25-23-21-19-17-15-13-11-8-2/h84-88,93H,7-83H2,1-6H3,(H,98,99)(H,100,101)/t85?,86-,87-,88-/m1/s1. The van der Waals surface area contributed by atoms with Crippen LogP contribution in [0.5, 0.6) is 0 Å². The highest BCUT2D eigenvalue weighted by Crippen LogP contribution is 2.45. The number of hydrogen-bond donors (Lipinski definition) is 3. The molecule has 0 amide bonds. The minimum absolute atomic E-state index is 0.108. The first-order valence-electron chi connectivity index (χ1n) is 47.5. The van der Waals surface area contributed by atoms with Crippen LogP contribution in [0.25, 0.3) is 0 Å². The minimum Gasteiger partial charge on any atom is -0.462 e. The molecule has 0 aromatic carbocycles. The average Bonchev–Trinajstić information content (AvgIpc) is 0.902. The van der Waals surface area contributed by atoms with Crippen LogP contribution in [0.2, 0.25) is 0 Å². The van der Waals surface area contributed by atoms with Crippen molar-refractivity contribution in [1.82, 2.24) is 0 Å². The Hall–Kier alpha value is -1.94. The van der Waals surface area contributed by atoms with Crippen molar-refractivity contribution in [3.63, 3.8) is 0 Å². The van der Waals surface area contributed by atoms with Gasteiger partial charge in [0.15, 0.2) is 12.2 Å². The zero-order valence-corrected chi connectivity index (χ0v) is 75.1. The van der Waals surface area contributed by atoms with Gasteiger partial charge in [-0.1, -0.05) is 446 Å². The fraction of sp³-hybridized carbons (Fsp3) is 0.957. The van der Waals surface area contributed by atoms with Crippen molar-refractivity contribution in [2.45, 2.75) is 516 Å². The van der Waals surface area contributed by atoms with Gasteiger partial charge in [-0.15, -0.1) is 0 Å². The Morgan fingerprint density at radius 3 is 0.685 bits per heavy atom. The molecule has 0 heterocycles. The molecule has 660 valence electrons. The van der Waals surface area contributed by atoms with Crippen LogP contribution in [0.15, 0.2) is 0 Å². The van der Waals surface area contributed by atoms with Gasteiger partial charge in [0.1, 0.15) is 19.3 Å². The lowest BCUT2D eigenvalue weighted by Crippen LogP contribution is -2.30. The van der Waals surface area contributed by atoms with Crippen molar-refractivity contribution in [2.75, 3.05) is 39.6 Å². The van der Waals surface area contributed by atoms with E-state index in [0.29, 0.717) is 25.7 Å². The third-order valence-corrected chi connectivity index (χ3v) is 24.0. The number of phosphoric ester groups is 2. The number of rotatable bonds is 91. The predicted octanol–water partition coefficient (Wildman–Crippen LogP) is 28.6. The van der Waals surface area contributed by atoms with Crippen LogP contribution in [-0.4, -0.2) is 96.7 Å². The summed E-state index contributed by atoms with van der Waals surface area (Å²) < 4.78 is 69.1. The van der Waals surface area contributed by atoms with Gasteiger partial charge in [-0.2, -0.15) is 0 Å². The quantitative estimate of drug-likeness (QED) is 0.0222. The van der Waals surface area contributed by atoms with Crippen molar-refractivity contribution in [3.8, 4) is 0 Å². The highest BCUT2D eigenvalue weighted by Gasteiger charge is 2.31. The number of carbonyl (C=O) groups excluding carboxylic acids is 4. The van der Waals surface area contributed by atoms with E-state index in [4.69, 9.17) is 37.0 Å². The van der Waals surface area contributed by atoms with Gasteiger partial charge in [-0.25, -0.2) is 9.13 Å². The second-order valence-corrected chi connectivity index (χ2v) is 36.7. The Morgan fingerprint density at radius 2 is 0.459 bits per heavy atom. The molecule has 0 aliphatic carbocycles. The third kappa shape index (κ3) is 84.3. The van der Waals surface area contributed by atoms with E-state index in [1.54, 1.807) is 0 Å². The van der Waals surface area contributed by atoms with E-state index >= 15 is 0 Å². The molecule has 0 saturated carbocycles. The third-order valence-electron chi connectivity index (χ3n) is 22.1. The first-order valence-corrected chi connectivity index (χ1v) is 50.5. The second-order valence-electron chi connectivity index (χ2n) is 33.8. The van der Waals surface area contributed by atoms with Crippen molar-refractivity contribution in [2.24, 2.45) is 11.8 Å². The summed E-state index contributed by atoms with van der Waals surface area (Å²) in [5.74, 6) is -0.480. The first-order chi connectivity index (χ1) is 53.9. The maximum absolute atomic E-state index is 13.2. The molecular formula is C92H180O17P2. The Balaban J connectivity index is 5.24. The molecule has 19 heteroatoms. The second kappa shape index (κ2) is 83.1. The van der Waals surface area contributed by atoms with E-state index in [2.05, 4.69) is 41.5 Å². The number of carbonyl (C=O) groups is 4. The average molecular weight is 1620 g/mol. The van der Waals surface area contributed by atoms with E-state index < -0.39 is 97.5 Å². The fourth-order valence-corrected chi connectivity index (χ4v) is 16.0. The minimum atomic E-state index is -4.97. The topological polar surface area (TPSA) is 237 Å². The van der Waals surface area contributed by atoms with Crippen LogP contribution in [0.4, 0.5) is 0 Å². The summed E-state index contributed by atoms with van der Waals surface area (Å²) >= 11 is 0. The summed E-state index contributed by atoms with van der Waals surface area (Å²) in [6.45, 7) is 9.76. The molecule has 0 aliphatic rings. The highest BCUT2D eigenvalue weighted by atomic mass is 31.2. The molecule has 0 fully saturated rings. The fourth-order valence-electron chi connectivity index (χ4n) is 14.4. The van der Waals surface area contributed by atoms with Crippen molar-refractivity contribution in [1.29, 1.82) is 0 Å². The van der Waals surface area contributed by atoms with E-state index in [1.165, 1.54) is 315 Å². The van der Waals surface area contributed by atoms with Gasteiger partial charge in [-0.3, -0.25) is 37.3 Å². The van der Waals surface area contributed by atoms with E-state index in [1.807, 2.05) is 0 Å². The lowest BCUT2D eigenvalue weighted by molar-refractivity contribution is -0.161. The zero-order valence-electron chi connectivity index (χ0n) is 73.3. The zero-order chi connectivity index (χ0) is 81.3. The first kappa shape index (κ1) is 109. The Labute approximate surface area is 683 Å². The van der Waals surface area contributed by atoms with Gasteiger partial charge < -0.3 is 33.8 Å². The molecule has 0 aromatic heterocycles. The number of aliphatic hydroxyl groups is 1. The van der Waals surface area contributed by atoms with Crippen LogP contribution in [0.3, 0.4) is 0 Å². The predicted molar refractivity (Wildman–Crippen MR) is 460 cm³/mol. The van der Waals surface area contributed by atoms with Gasteiger partial charge >= 0.3 is 39.5 Å². The molecule has 0 saturated heterocycles. The molecule has 111 heavy (non-hydrogen) atoms. The molecular weight excluding hydrogens is 1440 g/mol. The van der Waals surface area contributed by atoms with E-state index in [0.717, 1.165) is 102 Å². The van der Waals surface area contributed by atoms with Gasteiger partial charge in [0.05, 0.1) is 26.4 Å². The smallest absolute Gasteiger partial charge is 0.462 e. The summed E-state index contributed by atoms with van der Waals surface area (Å²) in [4.78, 5) is 73.4. The maximum Gasteiger partial charge on any atom is 0.472 e. The lowest BCUT2D eigenvalue weighted by atomic mass is 9.99. The molecule has 0 rings (SSSR count). The molecule has 0 spiro atoms. The summed E-state index contributed by atoms with van der Waals surface area (Å²) in [5.41, 5.74) is 0. The molecule has 6 atom stereocenters. The molecule has 0 bridgehead atoms. The van der Waals surface area contributed by atoms with Gasteiger partial charge in [-0.05, 0) is 37.5 Å². The summed E-state index contributed by atoms with van der Waals surface area (Å²) in [6.07, 6.45) is 77.9. The normalized spacial score (nSPS) is 14.0. The molecule has 3 unspecified atom stereocenters. The van der Waals surface area contributed by atoms with Gasteiger partial charge in [0.25, 0.3) is 0 Å². The monoisotopic (exact) mass is 1620 g/mol. The molecule has 3 N–H and O–H groups in total. The Kier molecular flexibility index (Phi) is 81.7. The summed E-state index contributed by atoms with van der Waals surface area (Å²) in [6, 6.07) is 0. The van der Waals surface area contributed by atoms with Crippen LogP contribution >= 0.6 is 15.6 Å². The number of esters is 4. The van der Waals surface area contributed by atoms with E-state index in [-0.39, 0.29) is 25.7 Å². The van der Waals surface area contributed by atoms with Crippen LogP contribution in [0, 0.1) is 11.8 Å². The van der Waals surface area contributed by atoms with Gasteiger partial charge in [0, 0.05) is 25.7 Å². The Bertz CT molecular complexity index is 2120. The molecule has 0 aromatic rings. The number of aliphatic hydroxyl groups excluding tert-OH is 1. The van der Waals surface area contributed by atoms with Crippen molar-refractivity contribution < 1.29 is 80.2 Å². The molecule has 0 radical (unpaired) electrons. The summed E-state index contributed by atoms with van der Waals surface area (Å²) in [7, 11) is -9.94. The van der Waals surface area contributed by atoms with Crippen LogP contribution < -0.4 is 0 Å². The van der Waals surface area contributed by atoms with Gasteiger partial charge in [0.2, 0.25) is 0 Å². The molecule has 0 aliphatic heterocycles. The number of phosphoric acid groups is 2. The van der Waals surface area contributed by atoms with Crippen LogP contribution in [-0.2, 0) is 65.4 Å². The van der Waals surface area contributed by atoms with Crippen LogP contribution in [0.1, 0.15) is 497 Å². The van der Waals surface area contributed by atoms with Crippen molar-refractivity contribution in [3.05, 3.63) is 0 Å². The number of ether oxygens (including phenoxy) is 4. The molecule has 17 nitrogen and oxygen atoms in total. The van der Waals surface area contributed by atoms with Crippen molar-refractivity contribution >= 4 is 39.5 Å².